The molecule has 0 amide bonds. The minimum atomic E-state index is -0.0948. The summed E-state index contributed by atoms with van der Waals surface area (Å²) in [6, 6.07) is 0.152. The molecule has 1 aromatic heterocycles. The molecule has 0 saturated heterocycles. The van der Waals surface area contributed by atoms with Crippen molar-refractivity contribution >= 4 is 0 Å². The first kappa shape index (κ1) is 14.1. The summed E-state index contributed by atoms with van der Waals surface area (Å²) in [4.78, 5) is 0. The first-order chi connectivity index (χ1) is 8.28. The molecule has 0 bridgehead atoms. The smallest absolute Gasteiger partial charge is 0.111 e. The van der Waals surface area contributed by atoms with Crippen molar-refractivity contribution in [3.63, 3.8) is 0 Å². The van der Waals surface area contributed by atoms with E-state index in [0.29, 0.717) is 25.3 Å². The molecule has 0 aromatic carbocycles. The number of aliphatic hydroxyl groups excluding tert-OH is 1. The molecule has 0 spiro atoms. The van der Waals surface area contributed by atoms with Crippen LogP contribution in [0.4, 0.5) is 0 Å². The lowest BCUT2D eigenvalue weighted by Crippen LogP contribution is -2.19. The summed E-state index contributed by atoms with van der Waals surface area (Å²) in [6.07, 6.45) is 1.60. The van der Waals surface area contributed by atoms with Gasteiger partial charge in [0.25, 0.3) is 0 Å². The minimum absolute atomic E-state index is 0.0948. The van der Waals surface area contributed by atoms with E-state index in [1.54, 1.807) is 14.2 Å². The lowest BCUT2D eigenvalue weighted by atomic mass is 10.2. The molecule has 1 rings (SSSR count). The van der Waals surface area contributed by atoms with Crippen LogP contribution in [0.25, 0.3) is 0 Å². The molecule has 17 heavy (non-hydrogen) atoms. The summed E-state index contributed by atoms with van der Waals surface area (Å²) in [7, 11) is 3.32. The Balaban J connectivity index is 2.91. The van der Waals surface area contributed by atoms with Crippen LogP contribution in [0.15, 0.2) is 0 Å². The molecule has 1 heterocycles. The highest BCUT2D eigenvalue weighted by atomic mass is 16.5. The Labute approximate surface area is 102 Å². The summed E-state index contributed by atoms with van der Waals surface area (Å²) in [5, 5.41) is 17.3. The van der Waals surface area contributed by atoms with Gasteiger partial charge in [0.2, 0.25) is 0 Å². The van der Waals surface area contributed by atoms with E-state index in [4.69, 9.17) is 9.47 Å². The Kier molecular flexibility index (Phi) is 6.10. The first-order valence-corrected chi connectivity index (χ1v) is 5.80. The van der Waals surface area contributed by atoms with Crippen molar-refractivity contribution in [1.29, 1.82) is 0 Å². The normalized spacial score (nSPS) is 12.9. The number of hydrogen-bond acceptors (Lipinski definition) is 5. The first-order valence-electron chi connectivity index (χ1n) is 5.80. The van der Waals surface area contributed by atoms with E-state index in [1.807, 2.05) is 4.68 Å². The molecule has 0 aliphatic rings. The predicted octanol–water partition coefficient (Wildman–Crippen LogP) is 0.557. The highest BCUT2D eigenvalue weighted by molar-refractivity contribution is 5.10. The summed E-state index contributed by atoms with van der Waals surface area (Å²) < 4.78 is 12.1. The molecular formula is C11H21N3O3. The third kappa shape index (κ3) is 3.49. The fraction of sp³-hybridized carbons (Fsp3) is 0.818. The Morgan fingerprint density at radius 3 is 2.65 bits per heavy atom. The van der Waals surface area contributed by atoms with Crippen LogP contribution in [0.3, 0.4) is 0 Å². The van der Waals surface area contributed by atoms with Gasteiger partial charge in [-0.25, -0.2) is 4.68 Å². The maximum absolute atomic E-state index is 9.23. The second-order valence-electron chi connectivity index (χ2n) is 3.85. The van der Waals surface area contributed by atoms with Crippen LogP contribution < -0.4 is 0 Å². The molecule has 0 radical (unpaired) electrons. The third-order valence-electron chi connectivity index (χ3n) is 2.74. The molecular weight excluding hydrogens is 222 g/mol. The van der Waals surface area contributed by atoms with Gasteiger partial charge in [0.1, 0.15) is 5.69 Å². The highest BCUT2D eigenvalue weighted by Crippen LogP contribution is 2.16. The average molecular weight is 243 g/mol. The number of ether oxygens (including phenoxy) is 2. The summed E-state index contributed by atoms with van der Waals surface area (Å²) in [5.41, 5.74) is 1.55. The molecule has 0 fully saturated rings. The number of rotatable bonds is 8. The van der Waals surface area contributed by atoms with Crippen molar-refractivity contribution < 1.29 is 14.6 Å². The number of aromatic nitrogens is 3. The zero-order valence-corrected chi connectivity index (χ0v) is 10.7. The van der Waals surface area contributed by atoms with Crippen molar-refractivity contribution in [2.24, 2.45) is 0 Å². The standard InChI is InChI=1S/C11H21N3O3/c1-4-9(8-17-3)14-11(5-6-16-2)10(7-15)12-13-14/h9,15H,4-8H2,1-3H3. The maximum Gasteiger partial charge on any atom is 0.111 e. The number of methoxy groups -OCH3 is 2. The second-order valence-corrected chi connectivity index (χ2v) is 3.85. The molecule has 1 unspecified atom stereocenters. The van der Waals surface area contributed by atoms with E-state index < -0.39 is 0 Å². The Hall–Kier alpha value is -0.980. The van der Waals surface area contributed by atoms with Crippen molar-refractivity contribution in [1.82, 2.24) is 15.0 Å². The average Bonchev–Trinajstić information content (AvgIpc) is 2.76. The molecule has 0 saturated carbocycles. The van der Waals surface area contributed by atoms with Gasteiger partial charge < -0.3 is 14.6 Å². The van der Waals surface area contributed by atoms with E-state index in [1.165, 1.54) is 0 Å². The van der Waals surface area contributed by atoms with E-state index in [9.17, 15) is 5.11 Å². The van der Waals surface area contributed by atoms with E-state index >= 15 is 0 Å². The van der Waals surface area contributed by atoms with Crippen molar-refractivity contribution in [2.75, 3.05) is 27.4 Å². The van der Waals surface area contributed by atoms with Gasteiger partial charge in [0.15, 0.2) is 0 Å². The van der Waals surface area contributed by atoms with Gasteiger partial charge >= 0.3 is 0 Å². The molecule has 1 N–H and O–H groups in total. The maximum atomic E-state index is 9.23. The van der Waals surface area contributed by atoms with E-state index in [0.717, 1.165) is 12.1 Å². The molecule has 6 nitrogen and oxygen atoms in total. The Morgan fingerprint density at radius 2 is 2.12 bits per heavy atom. The SMILES string of the molecule is CCC(COC)n1nnc(CO)c1CCOC. The summed E-state index contributed by atoms with van der Waals surface area (Å²) in [6.45, 7) is 3.15. The molecule has 98 valence electrons. The minimum Gasteiger partial charge on any atom is -0.390 e. The quantitative estimate of drug-likeness (QED) is 0.722. The van der Waals surface area contributed by atoms with Crippen molar-refractivity contribution in [3.8, 4) is 0 Å². The fourth-order valence-electron chi connectivity index (χ4n) is 1.77. The van der Waals surface area contributed by atoms with Gasteiger partial charge in [0.05, 0.1) is 31.6 Å². The van der Waals surface area contributed by atoms with Crippen LogP contribution in [-0.4, -0.2) is 47.5 Å². The zero-order chi connectivity index (χ0) is 12.7. The third-order valence-corrected chi connectivity index (χ3v) is 2.74. The lowest BCUT2D eigenvalue weighted by molar-refractivity contribution is 0.142. The van der Waals surface area contributed by atoms with Gasteiger partial charge in [0, 0.05) is 20.6 Å². The van der Waals surface area contributed by atoms with Gasteiger partial charge in [-0.1, -0.05) is 12.1 Å². The number of aliphatic hydroxyl groups is 1. The van der Waals surface area contributed by atoms with Crippen molar-refractivity contribution in [3.05, 3.63) is 11.4 Å². The molecule has 6 heteroatoms. The second kappa shape index (κ2) is 7.37. The predicted molar refractivity (Wildman–Crippen MR) is 62.7 cm³/mol. The largest absolute Gasteiger partial charge is 0.390 e. The Morgan fingerprint density at radius 1 is 1.35 bits per heavy atom. The molecule has 1 aromatic rings. The summed E-state index contributed by atoms with van der Waals surface area (Å²) in [5.74, 6) is 0. The van der Waals surface area contributed by atoms with Crippen LogP contribution in [-0.2, 0) is 22.5 Å². The van der Waals surface area contributed by atoms with E-state index in [2.05, 4.69) is 17.2 Å². The van der Waals surface area contributed by atoms with Crippen LogP contribution in [0.1, 0.15) is 30.8 Å². The van der Waals surface area contributed by atoms with E-state index in [-0.39, 0.29) is 12.6 Å². The molecule has 0 aliphatic carbocycles. The monoisotopic (exact) mass is 243 g/mol. The topological polar surface area (TPSA) is 69.4 Å². The zero-order valence-electron chi connectivity index (χ0n) is 10.7. The number of nitrogens with zero attached hydrogens (tertiary/aromatic N) is 3. The van der Waals surface area contributed by atoms with Crippen LogP contribution in [0.5, 0.6) is 0 Å². The highest BCUT2D eigenvalue weighted by Gasteiger charge is 2.18. The van der Waals surface area contributed by atoms with Gasteiger partial charge in [-0.3, -0.25) is 0 Å². The van der Waals surface area contributed by atoms with Gasteiger partial charge in [-0.05, 0) is 6.42 Å². The molecule has 0 aliphatic heterocycles. The summed E-state index contributed by atoms with van der Waals surface area (Å²) >= 11 is 0. The fourth-order valence-corrected chi connectivity index (χ4v) is 1.77. The van der Waals surface area contributed by atoms with Crippen molar-refractivity contribution in [2.45, 2.75) is 32.4 Å². The van der Waals surface area contributed by atoms with Gasteiger partial charge in [-0.2, -0.15) is 0 Å². The lowest BCUT2D eigenvalue weighted by Gasteiger charge is -2.17. The van der Waals surface area contributed by atoms with Gasteiger partial charge in [-0.15, -0.1) is 5.10 Å². The molecule has 1 atom stereocenters. The van der Waals surface area contributed by atoms with Crippen LogP contribution >= 0.6 is 0 Å². The van der Waals surface area contributed by atoms with Crippen LogP contribution in [0.2, 0.25) is 0 Å². The number of hydrogen-bond donors (Lipinski definition) is 1. The Bertz CT molecular complexity index is 328. The van der Waals surface area contributed by atoms with Crippen LogP contribution in [0, 0.1) is 0 Å².